The lowest BCUT2D eigenvalue weighted by atomic mass is 9.98. The first-order valence-electron chi connectivity index (χ1n) is 6.80. The summed E-state index contributed by atoms with van der Waals surface area (Å²) < 4.78 is 5.76. The van der Waals surface area contributed by atoms with Gasteiger partial charge in [0, 0.05) is 22.7 Å². The molecule has 104 valence electrons. The van der Waals surface area contributed by atoms with Crippen LogP contribution in [0.2, 0.25) is 5.02 Å². The smallest absolute Gasteiger partial charge is 0.125 e. The summed E-state index contributed by atoms with van der Waals surface area (Å²) in [5, 5.41) is 1.40. The molecule has 19 heavy (non-hydrogen) atoms. The zero-order valence-corrected chi connectivity index (χ0v) is 12.4. The summed E-state index contributed by atoms with van der Waals surface area (Å²) in [6.45, 7) is 0.765. The molecule has 0 amide bonds. The normalized spacial score (nSPS) is 23.2. The van der Waals surface area contributed by atoms with E-state index in [-0.39, 0.29) is 0 Å². The van der Waals surface area contributed by atoms with Crippen LogP contribution in [0.25, 0.3) is 0 Å². The number of hydrazine groups is 1. The Balaban J connectivity index is 1.81. The first-order chi connectivity index (χ1) is 9.28. The van der Waals surface area contributed by atoms with Crippen molar-refractivity contribution >= 4 is 23.4 Å². The van der Waals surface area contributed by atoms with Gasteiger partial charge in [0.25, 0.3) is 0 Å². The molecular formula is C14H19ClN2OS. The van der Waals surface area contributed by atoms with Gasteiger partial charge in [-0.3, -0.25) is 11.3 Å². The van der Waals surface area contributed by atoms with E-state index in [2.05, 4.69) is 5.43 Å². The van der Waals surface area contributed by atoms with E-state index in [1.807, 2.05) is 23.9 Å². The monoisotopic (exact) mass is 298 g/mol. The van der Waals surface area contributed by atoms with Gasteiger partial charge in [0.15, 0.2) is 0 Å². The lowest BCUT2D eigenvalue weighted by molar-refractivity contribution is 0.351. The van der Waals surface area contributed by atoms with Crippen LogP contribution in [-0.4, -0.2) is 23.7 Å². The van der Waals surface area contributed by atoms with E-state index in [4.69, 9.17) is 22.2 Å². The molecule has 0 saturated carbocycles. The van der Waals surface area contributed by atoms with Crippen molar-refractivity contribution in [3.8, 4) is 5.75 Å². The van der Waals surface area contributed by atoms with Crippen molar-refractivity contribution in [1.82, 2.24) is 5.43 Å². The van der Waals surface area contributed by atoms with Crippen molar-refractivity contribution in [2.75, 3.05) is 12.4 Å². The second-order valence-electron chi connectivity index (χ2n) is 5.18. The molecule has 0 aromatic heterocycles. The van der Waals surface area contributed by atoms with Crippen LogP contribution in [0.3, 0.4) is 0 Å². The Labute approximate surface area is 123 Å². The Hall–Kier alpha value is -0.420. The van der Waals surface area contributed by atoms with Gasteiger partial charge in [0.2, 0.25) is 0 Å². The fraction of sp³-hybridized carbons (Fsp3) is 0.571. The van der Waals surface area contributed by atoms with Crippen molar-refractivity contribution < 1.29 is 4.74 Å². The lowest BCUT2D eigenvalue weighted by Crippen LogP contribution is -2.43. The Bertz CT molecular complexity index is 463. The number of fused-ring (bicyclic) bond motifs is 1. The van der Waals surface area contributed by atoms with Gasteiger partial charge < -0.3 is 4.74 Å². The molecule has 0 radical (unpaired) electrons. The van der Waals surface area contributed by atoms with Crippen LogP contribution in [0, 0.1) is 0 Å². The molecule has 1 aromatic carbocycles. The zero-order valence-electron chi connectivity index (χ0n) is 10.8. The minimum Gasteiger partial charge on any atom is -0.493 e. The fourth-order valence-electron chi connectivity index (χ4n) is 2.95. The highest BCUT2D eigenvalue weighted by molar-refractivity contribution is 8.00. The van der Waals surface area contributed by atoms with Crippen molar-refractivity contribution in [2.45, 2.75) is 37.0 Å². The molecular weight excluding hydrogens is 280 g/mol. The highest BCUT2D eigenvalue weighted by atomic mass is 35.5. The SMILES string of the molecule is NNC(Cc1cc(Cl)cc2c1OCC2)C1CCCS1. The molecule has 2 aliphatic heterocycles. The largest absolute Gasteiger partial charge is 0.493 e. The molecule has 1 fully saturated rings. The average Bonchev–Trinajstić information content (AvgIpc) is 3.05. The topological polar surface area (TPSA) is 47.3 Å². The van der Waals surface area contributed by atoms with Crippen molar-refractivity contribution in [3.05, 3.63) is 28.3 Å². The minimum atomic E-state index is 0.291. The van der Waals surface area contributed by atoms with Crippen molar-refractivity contribution in [3.63, 3.8) is 0 Å². The summed E-state index contributed by atoms with van der Waals surface area (Å²) in [6, 6.07) is 4.33. The Morgan fingerprint density at radius 1 is 1.53 bits per heavy atom. The fourth-order valence-corrected chi connectivity index (χ4v) is 4.59. The predicted molar refractivity (Wildman–Crippen MR) is 80.9 cm³/mol. The third kappa shape index (κ3) is 2.87. The van der Waals surface area contributed by atoms with E-state index in [9.17, 15) is 0 Å². The molecule has 0 aliphatic carbocycles. The van der Waals surface area contributed by atoms with E-state index >= 15 is 0 Å². The van der Waals surface area contributed by atoms with E-state index in [1.165, 1.54) is 29.7 Å². The van der Waals surface area contributed by atoms with Crippen molar-refractivity contribution in [1.29, 1.82) is 0 Å². The standard InChI is InChI=1S/C14H19ClN2OS/c15-11-6-9-3-4-18-14(9)10(7-11)8-12(17-16)13-2-1-5-19-13/h6-7,12-13,17H,1-5,8,16H2. The summed E-state index contributed by atoms with van der Waals surface area (Å²) in [4.78, 5) is 0. The first kappa shape index (κ1) is 13.6. The third-order valence-corrected chi connectivity index (χ3v) is 5.63. The maximum atomic E-state index is 6.20. The van der Waals surface area contributed by atoms with E-state index in [1.54, 1.807) is 0 Å². The molecule has 1 aromatic rings. The van der Waals surface area contributed by atoms with Gasteiger partial charge >= 0.3 is 0 Å². The highest BCUT2D eigenvalue weighted by Crippen LogP contribution is 2.36. The number of hydrogen-bond acceptors (Lipinski definition) is 4. The number of nitrogens with two attached hydrogens (primary N) is 1. The van der Waals surface area contributed by atoms with E-state index < -0.39 is 0 Å². The van der Waals surface area contributed by atoms with E-state index in [0.717, 1.165) is 30.2 Å². The van der Waals surface area contributed by atoms with Crippen LogP contribution in [0.5, 0.6) is 5.75 Å². The highest BCUT2D eigenvalue weighted by Gasteiger charge is 2.27. The Morgan fingerprint density at radius 3 is 3.16 bits per heavy atom. The van der Waals surface area contributed by atoms with Gasteiger partial charge in [-0.1, -0.05) is 11.6 Å². The molecule has 2 unspecified atom stereocenters. The number of nitrogens with one attached hydrogen (secondary N) is 1. The van der Waals surface area contributed by atoms with Crippen LogP contribution >= 0.6 is 23.4 Å². The van der Waals surface area contributed by atoms with Crippen LogP contribution in [-0.2, 0) is 12.8 Å². The summed E-state index contributed by atoms with van der Waals surface area (Å²) >= 11 is 8.22. The maximum absolute atomic E-state index is 6.20. The molecule has 0 bridgehead atoms. The number of halogens is 1. The molecule has 5 heteroatoms. The lowest BCUT2D eigenvalue weighted by Gasteiger charge is -2.23. The molecule has 0 spiro atoms. The average molecular weight is 299 g/mol. The first-order valence-corrected chi connectivity index (χ1v) is 8.22. The molecule has 2 aliphatic rings. The zero-order chi connectivity index (χ0) is 13.2. The van der Waals surface area contributed by atoms with E-state index in [0.29, 0.717) is 11.3 Å². The quantitative estimate of drug-likeness (QED) is 0.662. The Kier molecular flexibility index (Phi) is 4.22. The number of rotatable bonds is 4. The van der Waals surface area contributed by atoms with Crippen LogP contribution in [0.1, 0.15) is 24.0 Å². The summed E-state index contributed by atoms with van der Waals surface area (Å²) in [7, 11) is 0. The molecule has 1 saturated heterocycles. The molecule has 2 heterocycles. The van der Waals surface area contributed by atoms with Gasteiger partial charge in [-0.25, -0.2) is 0 Å². The molecule has 3 N–H and O–H groups in total. The van der Waals surface area contributed by atoms with Crippen molar-refractivity contribution in [2.24, 2.45) is 5.84 Å². The molecule has 3 nitrogen and oxygen atoms in total. The third-order valence-electron chi connectivity index (χ3n) is 3.89. The Morgan fingerprint density at radius 2 is 2.42 bits per heavy atom. The van der Waals surface area contributed by atoms with Gasteiger partial charge in [0.1, 0.15) is 5.75 Å². The second kappa shape index (κ2) is 5.92. The minimum absolute atomic E-state index is 0.291. The predicted octanol–water partition coefficient (Wildman–Crippen LogP) is 2.54. The number of thioether (sulfide) groups is 1. The maximum Gasteiger partial charge on any atom is 0.125 e. The van der Waals surface area contributed by atoms with Crippen LogP contribution in [0.4, 0.5) is 0 Å². The second-order valence-corrected chi connectivity index (χ2v) is 6.96. The number of benzene rings is 1. The van der Waals surface area contributed by atoms with Crippen LogP contribution < -0.4 is 16.0 Å². The van der Waals surface area contributed by atoms with Gasteiger partial charge in [0.05, 0.1) is 6.61 Å². The summed E-state index contributed by atoms with van der Waals surface area (Å²) in [5.41, 5.74) is 5.41. The summed E-state index contributed by atoms with van der Waals surface area (Å²) in [6.07, 6.45) is 4.37. The van der Waals surface area contributed by atoms with Crippen LogP contribution in [0.15, 0.2) is 12.1 Å². The summed E-state index contributed by atoms with van der Waals surface area (Å²) in [5.74, 6) is 8.02. The molecule has 2 atom stereocenters. The van der Waals surface area contributed by atoms with Gasteiger partial charge in [-0.2, -0.15) is 11.8 Å². The number of hydrogen-bond donors (Lipinski definition) is 2. The number of ether oxygens (including phenoxy) is 1. The van der Waals surface area contributed by atoms with Gasteiger partial charge in [-0.15, -0.1) is 0 Å². The molecule has 3 rings (SSSR count). The van der Waals surface area contributed by atoms with Gasteiger partial charge in [-0.05, 0) is 48.3 Å².